The van der Waals surface area contributed by atoms with E-state index >= 15 is 0 Å². The summed E-state index contributed by atoms with van der Waals surface area (Å²) in [6.07, 6.45) is 1.18. The van der Waals surface area contributed by atoms with Gasteiger partial charge in [0.2, 0.25) is 0 Å². The van der Waals surface area contributed by atoms with Gasteiger partial charge in [0.05, 0.1) is 7.11 Å². The van der Waals surface area contributed by atoms with E-state index in [0.717, 1.165) is 11.1 Å². The molecule has 0 N–H and O–H groups in total. The Hall–Kier alpha value is -1.77. The van der Waals surface area contributed by atoms with E-state index < -0.39 is 6.16 Å². The molecule has 0 saturated carbocycles. The molecule has 1 rings (SSSR count). The minimum Gasteiger partial charge on any atom is -0.438 e. The Morgan fingerprint density at radius 2 is 2.00 bits per heavy atom. The van der Waals surface area contributed by atoms with Crippen molar-refractivity contribution in [3.8, 4) is 0 Å². The molecule has 0 unspecified atom stereocenters. The number of hydrogen-bond acceptors (Lipinski definition) is 3. The van der Waals surface area contributed by atoms with Crippen LogP contribution in [-0.4, -0.2) is 19.9 Å². The Kier molecular flexibility index (Phi) is 4.41. The fourth-order valence-electron chi connectivity index (χ4n) is 1.11. The number of benzene rings is 1. The van der Waals surface area contributed by atoms with Crippen LogP contribution in [0.15, 0.2) is 36.4 Å². The number of rotatable bonds is 3. The minimum atomic E-state index is -0.660. The first kappa shape index (κ1) is 11.3. The Labute approximate surface area is 89.3 Å². The molecule has 15 heavy (non-hydrogen) atoms. The van der Waals surface area contributed by atoms with E-state index in [1.54, 1.807) is 0 Å². The van der Waals surface area contributed by atoms with Crippen LogP contribution >= 0.6 is 0 Å². The highest BCUT2D eigenvalue weighted by Gasteiger charge is 1.98. The van der Waals surface area contributed by atoms with Gasteiger partial charge in [-0.2, -0.15) is 0 Å². The van der Waals surface area contributed by atoms with E-state index in [2.05, 4.69) is 4.74 Å². The van der Waals surface area contributed by atoms with Crippen LogP contribution in [0.4, 0.5) is 4.79 Å². The molecule has 3 heteroatoms. The molecule has 80 valence electrons. The van der Waals surface area contributed by atoms with E-state index in [1.165, 1.54) is 7.11 Å². The van der Waals surface area contributed by atoms with Crippen LogP contribution in [0.1, 0.15) is 12.5 Å². The molecule has 1 aromatic rings. The summed E-state index contributed by atoms with van der Waals surface area (Å²) in [5.74, 6) is 0. The molecular formula is C12H14O3. The Morgan fingerprint density at radius 3 is 2.60 bits per heavy atom. The standard InChI is InChI=1S/C12H14O3/c1-10(8-9-15-12(13)14-2)11-6-4-3-5-7-11/h3-8H,9H2,1-2H3/b10-8-. The predicted octanol–water partition coefficient (Wildman–Crippen LogP) is 2.87. The summed E-state index contributed by atoms with van der Waals surface area (Å²) in [6, 6.07) is 9.90. The van der Waals surface area contributed by atoms with Crippen molar-refractivity contribution in [3.63, 3.8) is 0 Å². The largest absolute Gasteiger partial charge is 0.508 e. The molecule has 3 nitrogen and oxygen atoms in total. The van der Waals surface area contributed by atoms with Crippen molar-refractivity contribution >= 4 is 11.7 Å². The first-order valence-corrected chi connectivity index (χ1v) is 4.67. The Morgan fingerprint density at radius 1 is 1.33 bits per heavy atom. The third kappa shape index (κ3) is 3.85. The van der Waals surface area contributed by atoms with Gasteiger partial charge < -0.3 is 9.47 Å². The zero-order valence-electron chi connectivity index (χ0n) is 8.90. The Bertz CT molecular complexity index is 341. The molecule has 0 fully saturated rings. The molecule has 0 radical (unpaired) electrons. The third-order valence-electron chi connectivity index (χ3n) is 1.99. The number of ether oxygens (including phenoxy) is 2. The zero-order chi connectivity index (χ0) is 11.1. The van der Waals surface area contributed by atoms with Crippen LogP contribution in [0.2, 0.25) is 0 Å². The monoisotopic (exact) mass is 206 g/mol. The maximum atomic E-state index is 10.7. The van der Waals surface area contributed by atoms with Crippen molar-refractivity contribution in [1.29, 1.82) is 0 Å². The normalized spacial score (nSPS) is 10.9. The zero-order valence-corrected chi connectivity index (χ0v) is 8.90. The first-order chi connectivity index (χ1) is 7.24. The lowest BCUT2D eigenvalue weighted by molar-refractivity contribution is 0.0819. The molecule has 1 aromatic carbocycles. The summed E-state index contributed by atoms with van der Waals surface area (Å²) in [6.45, 7) is 2.20. The van der Waals surface area contributed by atoms with Crippen LogP contribution in [0, 0.1) is 0 Å². The molecule has 0 atom stereocenters. The summed E-state index contributed by atoms with van der Waals surface area (Å²) < 4.78 is 9.09. The van der Waals surface area contributed by atoms with Gasteiger partial charge in [0.15, 0.2) is 0 Å². The molecule has 0 aliphatic carbocycles. The third-order valence-corrected chi connectivity index (χ3v) is 1.99. The highest BCUT2D eigenvalue weighted by molar-refractivity contribution is 5.64. The van der Waals surface area contributed by atoms with E-state index in [1.807, 2.05) is 43.3 Å². The van der Waals surface area contributed by atoms with Gasteiger partial charge >= 0.3 is 6.16 Å². The van der Waals surface area contributed by atoms with Gasteiger partial charge in [-0.25, -0.2) is 4.79 Å². The van der Waals surface area contributed by atoms with Crippen LogP contribution in [-0.2, 0) is 9.47 Å². The SMILES string of the molecule is COC(=O)OC/C=C(/C)c1ccccc1. The smallest absolute Gasteiger partial charge is 0.438 e. The number of carbonyl (C=O) groups excluding carboxylic acids is 1. The summed E-state index contributed by atoms with van der Waals surface area (Å²) in [5, 5.41) is 0. The maximum Gasteiger partial charge on any atom is 0.508 e. The summed E-state index contributed by atoms with van der Waals surface area (Å²) in [5.41, 5.74) is 2.19. The van der Waals surface area contributed by atoms with Crippen molar-refractivity contribution in [3.05, 3.63) is 42.0 Å². The average Bonchev–Trinajstić information content (AvgIpc) is 2.29. The Balaban J connectivity index is 2.50. The van der Waals surface area contributed by atoms with Gasteiger partial charge in [-0.1, -0.05) is 30.3 Å². The topological polar surface area (TPSA) is 35.5 Å². The second kappa shape index (κ2) is 5.86. The van der Waals surface area contributed by atoms with Crippen molar-refractivity contribution in [2.24, 2.45) is 0 Å². The molecule has 0 spiro atoms. The van der Waals surface area contributed by atoms with Gasteiger partial charge in [0.25, 0.3) is 0 Å². The van der Waals surface area contributed by atoms with Crippen LogP contribution in [0.5, 0.6) is 0 Å². The second-order valence-corrected chi connectivity index (χ2v) is 3.02. The molecule has 0 amide bonds. The lowest BCUT2D eigenvalue weighted by atomic mass is 10.1. The fourth-order valence-corrected chi connectivity index (χ4v) is 1.11. The summed E-state index contributed by atoms with van der Waals surface area (Å²) in [7, 11) is 1.29. The second-order valence-electron chi connectivity index (χ2n) is 3.02. The van der Waals surface area contributed by atoms with Crippen molar-refractivity contribution in [1.82, 2.24) is 0 Å². The van der Waals surface area contributed by atoms with E-state index in [9.17, 15) is 4.79 Å². The maximum absolute atomic E-state index is 10.7. The van der Waals surface area contributed by atoms with E-state index in [0.29, 0.717) is 0 Å². The molecule has 0 saturated heterocycles. The molecule has 0 heterocycles. The molecule has 0 aliphatic heterocycles. The number of carbonyl (C=O) groups is 1. The lowest BCUT2D eigenvalue weighted by Crippen LogP contribution is -2.03. The average molecular weight is 206 g/mol. The number of allylic oxidation sites excluding steroid dienone is 1. The van der Waals surface area contributed by atoms with Gasteiger partial charge in [-0.15, -0.1) is 0 Å². The quantitative estimate of drug-likeness (QED) is 0.713. The minimum absolute atomic E-state index is 0.230. The van der Waals surface area contributed by atoms with Gasteiger partial charge in [0, 0.05) is 0 Å². The van der Waals surface area contributed by atoms with E-state index in [-0.39, 0.29) is 6.61 Å². The molecule has 0 bridgehead atoms. The highest BCUT2D eigenvalue weighted by Crippen LogP contribution is 2.12. The van der Waals surface area contributed by atoms with Gasteiger partial charge in [-0.3, -0.25) is 0 Å². The van der Waals surface area contributed by atoms with Crippen LogP contribution in [0.25, 0.3) is 5.57 Å². The van der Waals surface area contributed by atoms with Crippen molar-refractivity contribution in [2.45, 2.75) is 6.92 Å². The first-order valence-electron chi connectivity index (χ1n) is 4.67. The van der Waals surface area contributed by atoms with Crippen molar-refractivity contribution < 1.29 is 14.3 Å². The number of methoxy groups -OCH3 is 1. The van der Waals surface area contributed by atoms with Gasteiger partial charge in [-0.05, 0) is 24.1 Å². The molecular weight excluding hydrogens is 192 g/mol. The number of hydrogen-bond donors (Lipinski definition) is 0. The van der Waals surface area contributed by atoms with Gasteiger partial charge in [0.1, 0.15) is 6.61 Å². The van der Waals surface area contributed by atoms with Crippen LogP contribution < -0.4 is 0 Å². The predicted molar refractivity (Wildman–Crippen MR) is 58.5 cm³/mol. The summed E-state index contributed by atoms with van der Waals surface area (Å²) >= 11 is 0. The summed E-state index contributed by atoms with van der Waals surface area (Å²) in [4.78, 5) is 10.7. The fraction of sp³-hybridized carbons (Fsp3) is 0.250. The molecule has 0 aromatic heterocycles. The highest BCUT2D eigenvalue weighted by atomic mass is 16.7. The van der Waals surface area contributed by atoms with Crippen molar-refractivity contribution in [2.75, 3.05) is 13.7 Å². The van der Waals surface area contributed by atoms with E-state index in [4.69, 9.17) is 4.74 Å². The molecule has 0 aliphatic rings. The lowest BCUT2D eigenvalue weighted by Gasteiger charge is -2.02. The van der Waals surface area contributed by atoms with Crippen LogP contribution in [0.3, 0.4) is 0 Å².